The third-order valence-corrected chi connectivity index (χ3v) is 8.37. The van der Waals surface area contributed by atoms with Crippen molar-refractivity contribution in [2.75, 3.05) is 13.1 Å². The van der Waals surface area contributed by atoms with E-state index in [0.29, 0.717) is 42.2 Å². The van der Waals surface area contributed by atoms with Gasteiger partial charge in [0.15, 0.2) is 0 Å². The second kappa shape index (κ2) is 11.3. The van der Waals surface area contributed by atoms with Crippen LogP contribution in [0.15, 0.2) is 35.5 Å². The molecular formula is C29H32ClF3N2O3. The van der Waals surface area contributed by atoms with Crippen LogP contribution >= 0.6 is 11.6 Å². The zero-order valence-corrected chi connectivity index (χ0v) is 22.0. The van der Waals surface area contributed by atoms with Gasteiger partial charge in [0.1, 0.15) is 6.61 Å². The molecule has 2 aromatic rings. The van der Waals surface area contributed by atoms with Crippen LogP contribution in [0.1, 0.15) is 84.2 Å². The summed E-state index contributed by atoms with van der Waals surface area (Å²) in [5, 5.41) is 14.0. The van der Waals surface area contributed by atoms with E-state index in [0.717, 1.165) is 67.3 Å². The second-order valence-corrected chi connectivity index (χ2v) is 11.2. The number of fused-ring (bicyclic) bond motifs is 1. The minimum Gasteiger partial charge on any atom is -0.481 e. The Morgan fingerprint density at radius 1 is 1.08 bits per heavy atom. The first-order chi connectivity index (χ1) is 18.2. The maximum atomic E-state index is 13.9. The Bertz CT molecular complexity index is 1220. The highest BCUT2D eigenvalue weighted by molar-refractivity contribution is 6.32. The van der Waals surface area contributed by atoms with Gasteiger partial charge in [0, 0.05) is 30.2 Å². The van der Waals surface area contributed by atoms with Crippen molar-refractivity contribution in [2.45, 2.75) is 76.6 Å². The monoisotopic (exact) mass is 548 g/mol. The molecule has 1 saturated heterocycles. The van der Waals surface area contributed by atoms with E-state index in [1.165, 1.54) is 6.07 Å². The van der Waals surface area contributed by atoms with Crippen LogP contribution in [0, 0.1) is 5.92 Å². The lowest BCUT2D eigenvalue weighted by atomic mass is 9.81. The number of hydrogen-bond acceptors (Lipinski definition) is 4. The Morgan fingerprint density at radius 2 is 1.84 bits per heavy atom. The average molecular weight is 549 g/mol. The fraction of sp³-hybridized carbons (Fsp3) is 0.517. The molecule has 2 aromatic carbocycles. The number of aryl methyl sites for hydroxylation is 1. The van der Waals surface area contributed by atoms with Gasteiger partial charge in [-0.25, -0.2) is 0 Å². The zero-order chi connectivity index (χ0) is 26.9. The number of benzene rings is 2. The number of aliphatic carboxylic acids is 1. The lowest BCUT2D eigenvalue weighted by Crippen LogP contribution is -2.49. The van der Waals surface area contributed by atoms with Crippen LogP contribution in [0.5, 0.6) is 0 Å². The van der Waals surface area contributed by atoms with Crippen LogP contribution in [0.4, 0.5) is 13.2 Å². The number of oxime groups is 1. The van der Waals surface area contributed by atoms with Gasteiger partial charge in [-0.2, -0.15) is 13.2 Å². The third kappa shape index (κ3) is 6.01. The summed E-state index contributed by atoms with van der Waals surface area (Å²) in [5.74, 6) is -1.13. The standard InChI is InChI=1S/C29H32ClF3N2O3/c30-26-13-24-20(12-21(26)14-35-15-22(16-35)28(36)37)7-4-8-27(24)34-38-17-18-9-10-23(19-5-2-1-3-6-19)25(11-18)29(31,32)33/h9-13,19,22H,1-8,14-17H2,(H,36,37)/b34-27+. The number of nitrogens with zero attached hydrogens (tertiary/aromatic N) is 2. The van der Waals surface area contributed by atoms with Gasteiger partial charge in [-0.15, -0.1) is 0 Å². The molecule has 1 heterocycles. The smallest absolute Gasteiger partial charge is 0.416 e. The first-order valence-electron chi connectivity index (χ1n) is 13.3. The molecule has 0 spiro atoms. The lowest BCUT2D eigenvalue weighted by molar-refractivity contribution is -0.147. The summed E-state index contributed by atoms with van der Waals surface area (Å²) in [6.07, 6.45) is 2.68. The summed E-state index contributed by atoms with van der Waals surface area (Å²) in [4.78, 5) is 18.7. The maximum Gasteiger partial charge on any atom is 0.416 e. The molecule has 0 bridgehead atoms. The van der Waals surface area contributed by atoms with Gasteiger partial charge in [0.2, 0.25) is 0 Å². The summed E-state index contributed by atoms with van der Waals surface area (Å²) in [6, 6.07) is 8.50. The number of likely N-dealkylation sites (tertiary alicyclic amines) is 1. The Morgan fingerprint density at radius 3 is 2.55 bits per heavy atom. The number of carboxylic acids is 1. The Kier molecular flexibility index (Phi) is 8.00. The molecule has 3 aliphatic rings. The van der Waals surface area contributed by atoms with Gasteiger partial charge in [0.05, 0.1) is 17.2 Å². The highest BCUT2D eigenvalue weighted by atomic mass is 35.5. The van der Waals surface area contributed by atoms with Crippen LogP contribution in [0.3, 0.4) is 0 Å². The molecule has 0 amide bonds. The summed E-state index contributed by atoms with van der Waals surface area (Å²) in [7, 11) is 0. The van der Waals surface area contributed by atoms with Crippen LogP contribution < -0.4 is 0 Å². The van der Waals surface area contributed by atoms with E-state index >= 15 is 0 Å². The molecule has 0 unspecified atom stereocenters. The van der Waals surface area contributed by atoms with Crippen LogP contribution in [0.2, 0.25) is 5.02 Å². The minimum absolute atomic E-state index is 0.0383. The minimum atomic E-state index is -4.41. The molecule has 38 heavy (non-hydrogen) atoms. The highest BCUT2D eigenvalue weighted by Gasteiger charge is 2.36. The van der Waals surface area contributed by atoms with E-state index < -0.39 is 17.7 Å². The molecule has 204 valence electrons. The van der Waals surface area contributed by atoms with E-state index in [2.05, 4.69) is 16.1 Å². The molecular weight excluding hydrogens is 517 g/mol. The molecule has 1 N–H and O–H groups in total. The van der Waals surface area contributed by atoms with Crippen LogP contribution in [-0.4, -0.2) is 34.8 Å². The Labute approximate surface area is 225 Å². The molecule has 0 atom stereocenters. The fourth-order valence-corrected chi connectivity index (χ4v) is 6.15. The molecule has 2 fully saturated rings. The molecule has 0 radical (unpaired) electrons. The van der Waals surface area contributed by atoms with Gasteiger partial charge < -0.3 is 9.94 Å². The second-order valence-electron chi connectivity index (χ2n) is 10.7. The molecule has 0 aromatic heterocycles. The van der Waals surface area contributed by atoms with Crippen molar-refractivity contribution in [2.24, 2.45) is 11.1 Å². The van der Waals surface area contributed by atoms with Gasteiger partial charge in [0.25, 0.3) is 0 Å². The van der Waals surface area contributed by atoms with Crippen molar-refractivity contribution < 1.29 is 27.9 Å². The summed E-state index contributed by atoms with van der Waals surface area (Å²) >= 11 is 6.57. The zero-order valence-electron chi connectivity index (χ0n) is 21.2. The normalized spacial score (nSPS) is 20.3. The van der Waals surface area contributed by atoms with E-state index in [1.807, 2.05) is 6.07 Å². The highest BCUT2D eigenvalue weighted by Crippen LogP contribution is 2.41. The van der Waals surface area contributed by atoms with E-state index in [4.69, 9.17) is 21.5 Å². The number of rotatable bonds is 7. The third-order valence-electron chi connectivity index (χ3n) is 8.02. The summed E-state index contributed by atoms with van der Waals surface area (Å²) in [5.41, 5.74) is 3.98. The molecule has 5 rings (SSSR count). The first kappa shape index (κ1) is 27.0. The van der Waals surface area contributed by atoms with Gasteiger partial charge in [-0.3, -0.25) is 9.69 Å². The topological polar surface area (TPSA) is 62.1 Å². The van der Waals surface area contributed by atoms with Gasteiger partial charge in [-0.05, 0) is 72.4 Å². The van der Waals surface area contributed by atoms with Crippen molar-refractivity contribution in [1.82, 2.24) is 4.90 Å². The molecule has 1 saturated carbocycles. The van der Waals surface area contributed by atoms with E-state index in [9.17, 15) is 18.0 Å². The number of hydrogen-bond donors (Lipinski definition) is 1. The average Bonchev–Trinajstić information content (AvgIpc) is 2.86. The molecule has 1 aliphatic heterocycles. The van der Waals surface area contributed by atoms with Gasteiger partial charge in [-0.1, -0.05) is 54.2 Å². The molecule has 5 nitrogen and oxygen atoms in total. The summed E-state index contributed by atoms with van der Waals surface area (Å²) < 4.78 is 41.6. The van der Waals surface area contributed by atoms with Crippen molar-refractivity contribution in [3.05, 3.63) is 68.7 Å². The lowest BCUT2D eigenvalue weighted by Gasteiger charge is -2.37. The summed E-state index contributed by atoms with van der Waals surface area (Å²) in [6.45, 7) is 1.58. The van der Waals surface area contributed by atoms with Crippen molar-refractivity contribution >= 4 is 23.3 Å². The van der Waals surface area contributed by atoms with Crippen LogP contribution in [0.25, 0.3) is 0 Å². The SMILES string of the molecule is O=C(O)C1CN(Cc2cc3c(cc2Cl)/C(=N/OCc2ccc(C4CCCCC4)c(C(F)(F)F)c2)CCC3)C1. The number of carboxylic acid groups (broad SMARTS) is 1. The number of carbonyl (C=O) groups is 1. The van der Waals surface area contributed by atoms with E-state index in [-0.39, 0.29) is 18.4 Å². The van der Waals surface area contributed by atoms with Crippen molar-refractivity contribution in [3.63, 3.8) is 0 Å². The van der Waals surface area contributed by atoms with Gasteiger partial charge >= 0.3 is 12.1 Å². The quantitative estimate of drug-likeness (QED) is 0.372. The Balaban J connectivity index is 1.27. The fourth-order valence-electron chi connectivity index (χ4n) is 5.93. The predicted octanol–water partition coefficient (Wildman–Crippen LogP) is 7.18. The number of halogens is 4. The van der Waals surface area contributed by atoms with Crippen molar-refractivity contribution in [1.29, 1.82) is 0 Å². The Hall–Kier alpha value is -2.58. The maximum absolute atomic E-state index is 13.9. The van der Waals surface area contributed by atoms with Crippen molar-refractivity contribution in [3.8, 4) is 0 Å². The molecule has 2 aliphatic carbocycles. The number of alkyl halides is 3. The first-order valence-corrected chi connectivity index (χ1v) is 13.7. The van der Waals surface area contributed by atoms with E-state index in [1.54, 1.807) is 12.1 Å². The largest absolute Gasteiger partial charge is 0.481 e. The molecule has 9 heteroatoms. The van der Waals surface area contributed by atoms with Crippen LogP contribution in [-0.2, 0) is 35.4 Å². The predicted molar refractivity (Wildman–Crippen MR) is 139 cm³/mol.